The van der Waals surface area contributed by atoms with Gasteiger partial charge < -0.3 is 10.1 Å². The van der Waals surface area contributed by atoms with Crippen LogP contribution < -0.4 is 15.4 Å². The Labute approximate surface area is 124 Å². The maximum atomic E-state index is 12.9. The molecule has 0 saturated carbocycles. The molecule has 3 amide bonds. The normalized spacial score (nSPS) is 9.91. The van der Waals surface area contributed by atoms with Gasteiger partial charge in [-0.25, -0.2) is 13.6 Å². The Morgan fingerprint density at radius 2 is 1.73 bits per heavy atom. The number of nitrogens with one attached hydrogen (secondary N) is 2. The summed E-state index contributed by atoms with van der Waals surface area (Å²) in [5, 5.41) is 4.49. The molecular formula is C15H12F2N2O3. The number of halogens is 2. The van der Waals surface area contributed by atoms with Crippen molar-refractivity contribution in [3.63, 3.8) is 0 Å². The predicted octanol–water partition coefficient (Wildman–Crippen LogP) is 2.69. The van der Waals surface area contributed by atoms with E-state index in [2.05, 4.69) is 5.32 Å². The van der Waals surface area contributed by atoms with Gasteiger partial charge in [0.15, 0.2) is 18.2 Å². The van der Waals surface area contributed by atoms with Crippen molar-refractivity contribution in [1.29, 1.82) is 0 Å². The third-order valence-electron chi connectivity index (χ3n) is 2.55. The van der Waals surface area contributed by atoms with Gasteiger partial charge in [0.05, 0.1) is 0 Å². The summed E-state index contributed by atoms with van der Waals surface area (Å²) in [6.07, 6.45) is 0. The van der Waals surface area contributed by atoms with Crippen LogP contribution in [0.4, 0.5) is 19.3 Å². The van der Waals surface area contributed by atoms with Gasteiger partial charge in [-0.2, -0.15) is 0 Å². The second-order valence-corrected chi connectivity index (χ2v) is 4.23. The molecule has 0 aliphatic carbocycles. The van der Waals surface area contributed by atoms with E-state index in [0.717, 1.165) is 12.1 Å². The largest absolute Gasteiger partial charge is 0.484 e. The maximum absolute atomic E-state index is 12.9. The molecule has 0 bridgehead atoms. The molecule has 2 rings (SSSR count). The maximum Gasteiger partial charge on any atom is 0.325 e. The van der Waals surface area contributed by atoms with Crippen LogP contribution in [0.1, 0.15) is 0 Å². The van der Waals surface area contributed by atoms with E-state index in [1.807, 2.05) is 5.32 Å². The first-order chi connectivity index (χ1) is 10.5. The van der Waals surface area contributed by atoms with Crippen LogP contribution in [0.3, 0.4) is 0 Å². The zero-order valence-corrected chi connectivity index (χ0v) is 11.3. The quantitative estimate of drug-likeness (QED) is 0.912. The number of urea groups is 1. The van der Waals surface area contributed by atoms with Crippen molar-refractivity contribution in [2.75, 3.05) is 11.9 Å². The standard InChI is InChI=1S/C15H12F2N2O3/c16-12-7-6-11(8-13(12)17)22-9-14(20)19-15(21)18-10-4-2-1-3-5-10/h1-8H,9H2,(H2,18,19,20,21). The lowest BCUT2D eigenvalue weighted by Gasteiger charge is -2.08. The molecule has 0 unspecified atom stereocenters. The monoisotopic (exact) mass is 306 g/mol. The molecular weight excluding hydrogens is 294 g/mol. The summed E-state index contributed by atoms with van der Waals surface area (Å²) in [5.74, 6) is -2.84. The summed E-state index contributed by atoms with van der Waals surface area (Å²) in [7, 11) is 0. The van der Waals surface area contributed by atoms with Crippen LogP contribution in [0.25, 0.3) is 0 Å². The third-order valence-corrected chi connectivity index (χ3v) is 2.55. The van der Waals surface area contributed by atoms with Crippen LogP contribution in [0.15, 0.2) is 48.5 Å². The first-order valence-electron chi connectivity index (χ1n) is 6.28. The molecule has 0 aliphatic rings. The fraction of sp³-hybridized carbons (Fsp3) is 0.0667. The van der Waals surface area contributed by atoms with Gasteiger partial charge in [0.2, 0.25) is 0 Å². The number of ether oxygens (including phenoxy) is 1. The number of hydrogen-bond donors (Lipinski definition) is 2. The van der Waals surface area contributed by atoms with E-state index >= 15 is 0 Å². The molecule has 2 aromatic rings. The van der Waals surface area contributed by atoms with Crippen LogP contribution in [-0.4, -0.2) is 18.5 Å². The predicted molar refractivity (Wildman–Crippen MR) is 75.5 cm³/mol. The van der Waals surface area contributed by atoms with Gasteiger partial charge in [-0.1, -0.05) is 18.2 Å². The average Bonchev–Trinajstić information content (AvgIpc) is 2.49. The van der Waals surface area contributed by atoms with Crippen LogP contribution in [0, 0.1) is 11.6 Å². The summed E-state index contributed by atoms with van der Waals surface area (Å²) < 4.78 is 30.6. The third kappa shape index (κ3) is 4.55. The molecule has 2 N–H and O–H groups in total. The highest BCUT2D eigenvalue weighted by Crippen LogP contribution is 2.15. The molecule has 0 heterocycles. The van der Waals surface area contributed by atoms with Crippen LogP contribution in [-0.2, 0) is 4.79 Å². The highest BCUT2D eigenvalue weighted by molar-refractivity contribution is 6.01. The smallest absolute Gasteiger partial charge is 0.325 e. The Bertz CT molecular complexity index is 678. The van der Waals surface area contributed by atoms with Gasteiger partial charge in [0.25, 0.3) is 5.91 Å². The second-order valence-electron chi connectivity index (χ2n) is 4.23. The van der Waals surface area contributed by atoms with Crippen molar-refractivity contribution in [3.8, 4) is 5.75 Å². The van der Waals surface area contributed by atoms with E-state index in [9.17, 15) is 18.4 Å². The first kappa shape index (κ1) is 15.4. The lowest BCUT2D eigenvalue weighted by molar-refractivity contribution is -0.121. The number of anilines is 1. The lowest BCUT2D eigenvalue weighted by atomic mass is 10.3. The average molecular weight is 306 g/mol. The molecule has 0 fully saturated rings. The highest BCUT2D eigenvalue weighted by Gasteiger charge is 2.09. The van der Waals surface area contributed by atoms with Crippen molar-refractivity contribution in [1.82, 2.24) is 5.32 Å². The fourth-order valence-corrected chi connectivity index (χ4v) is 1.56. The molecule has 0 atom stereocenters. The molecule has 2 aromatic carbocycles. The minimum atomic E-state index is -1.08. The molecule has 22 heavy (non-hydrogen) atoms. The number of carbonyl (C=O) groups is 2. The van der Waals surface area contributed by atoms with Gasteiger partial charge >= 0.3 is 6.03 Å². The van der Waals surface area contributed by atoms with Gasteiger partial charge in [-0.05, 0) is 24.3 Å². The summed E-state index contributed by atoms with van der Waals surface area (Å²) in [6, 6.07) is 10.7. The minimum absolute atomic E-state index is 0.0162. The van der Waals surface area contributed by atoms with E-state index in [1.54, 1.807) is 30.3 Å². The van der Waals surface area contributed by atoms with Gasteiger partial charge in [0.1, 0.15) is 5.75 Å². The van der Waals surface area contributed by atoms with Crippen LogP contribution >= 0.6 is 0 Å². The summed E-state index contributed by atoms with van der Waals surface area (Å²) in [5.41, 5.74) is 0.523. The lowest BCUT2D eigenvalue weighted by Crippen LogP contribution is -2.37. The zero-order valence-electron chi connectivity index (χ0n) is 11.3. The Hall–Kier alpha value is -2.96. The first-order valence-corrected chi connectivity index (χ1v) is 6.28. The summed E-state index contributed by atoms with van der Waals surface area (Å²) in [4.78, 5) is 23.0. The Morgan fingerprint density at radius 1 is 1.00 bits per heavy atom. The van der Waals surface area contributed by atoms with E-state index in [0.29, 0.717) is 5.69 Å². The number of rotatable bonds is 4. The van der Waals surface area contributed by atoms with Crippen molar-refractivity contribution in [2.45, 2.75) is 0 Å². The number of imide groups is 1. The van der Waals surface area contributed by atoms with Crippen molar-refractivity contribution >= 4 is 17.6 Å². The Kier molecular flexibility index (Phi) is 5.02. The fourth-order valence-electron chi connectivity index (χ4n) is 1.56. The summed E-state index contributed by atoms with van der Waals surface area (Å²) in [6.45, 7) is -0.507. The molecule has 7 heteroatoms. The minimum Gasteiger partial charge on any atom is -0.484 e. The summed E-state index contributed by atoms with van der Waals surface area (Å²) >= 11 is 0. The van der Waals surface area contributed by atoms with Crippen LogP contribution in [0.5, 0.6) is 5.75 Å². The molecule has 0 aliphatic heterocycles. The topological polar surface area (TPSA) is 67.4 Å². The number of amides is 3. The van der Waals surface area contributed by atoms with Crippen molar-refractivity contribution in [2.24, 2.45) is 0 Å². The van der Waals surface area contributed by atoms with Gasteiger partial charge in [-0.15, -0.1) is 0 Å². The van der Waals surface area contributed by atoms with E-state index in [4.69, 9.17) is 4.74 Å². The van der Waals surface area contributed by atoms with Crippen molar-refractivity contribution < 1.29 is 23.1 Å². The van der Waals surface area contributed by atoms with Gasteiger partial charge in [-0.3, -0.25) is 10.1 Å². The Morgan fingerprint density at radius 3 is 2.41 bits per heavy atom. The number of carbonyl (C=O) groups excluding carboxylic acids is 2. The number of para-hydroxylation sites is 1. The molecule has 114 valence electrons. The molecule has 0 saturated heterocycles. The molecule has 5 nitrogen and oxygen atoms in total. The van der Waals surface area contributed by atoms with Gasteiger partial charge in [0, 0.05) is 11.8 Å². The highest BCUT2D eigenvalue weighted by atomic mass is 19.2. The zero-order chi connectivity index (χ0) is 15.9. The molecule has 0 aromatic heterocycles. The second kappa shape index (κ2) is 7.16. The molecule has 0 radical (unpaired) electrons. The Balaban J connectivity index is 1.80. The van der Waals surface area contributed by atoms with E-state index < -0.39 is 30.2 Å². The van der Waals surface area contributed by atoms with Crippen molar-refractivity contribution in [3.05, 3.63) is 60.2 Å². The van der Waals surface area contributed by atoms with Crippen LogP contribution in [0.2, 0.25) is 0 Å². The molecule has 0 spiro atoms. The number of benzene rings is 2. The number of hydrogen-bond acceptors (Lipinski definition) is 3. The van der Waals surface area contributed by atoms with E-state index in [-0.39, 0.29) is 5.75 Å². The SMILES string of the molecule is O=C(COc1ccc(F)c(F)c1)NC(=O)Nc1ccccc1. The van der Waals surface area contributed by atoms with E-state index in [1.165, 1.54) is 6.07 Å².